The van der Waals surface area contributed by atoms with Crippen LogP contribution in [0.15, 0.2) is 48.5 Å². The number of likely N-dealkylation sites (tertiary alicyclic amines) is 1. The molecule has 148 valence electrons. The topological polar surface area (TPSA) is 96.7 Å². The van der Waals surface area contributed by atoms with Crippen LogP contribution in [-0.2, 0) is 0 Å². The van der Waals surface area contributed by atoms with E-state index in [-0.39, 0.29) is 11.7 Å². The molecule has 1 aliphatic rings. The highest BCUT2D eigenvalue weighted by Gasteiger charge is 2.24. The standard InChI is InChI=1S/C20H24N4O4/c1-28-18-9-7-15(8-10-18)19(23-11-2-3-12-23)14-21-20(25)22-16-5-4-6-17(13-16)24(26)27/h4-10,13,19H,2-3,11-12,14H2,1H3,(H2,21,22,25)/t19-/m0/s1. The largest absolute Gasteiger partial charge is 0.497 e. The molecule has 2 amide bonds. The summed E-state index contributed by atoms with van der Waals surface area (Å²) in [6.45, 7) is 2.42. The van der Waals surface area contributed by atoms with Crippen molar-refractivity contribution in [2.24, 2.45) is 0 Å². The maximum atomic E-state index is 12.3. The van der Waals surface area contributed by atoms with Gasteiger partial charge >= 0.3 is 6.03 Å². The fourth-order valence-corrected chi connectivity index (χ4v) is 3.40. The second-order valence-electron chi connectivity index (χ2n) is 6.67. The molecule has 1 atom stereocenters. The Labute approximate surface area is 163 Å². The van der Waals surface area contributed by atoms with Crippen LogP contribution in [0.5, 0.6) is 5.75 Å². The van der Waals surface area contributed by atoms with Crippen molar-refractivity contribution in [2.45, 2.75) is 18.9 Å². The number of anilines is 1. The Kier molecular flexibility index (Phi) is 6.44. The molecule has 0 saturated carbocycles. The molecule has 1 saturated heterocycles. The Morgan fingerprint density at radius 1 is 1.21 bits per heavy atom. The zero-order chi connectivity index (χ0) is 19.9. The van der Waals surface area contributed by atoms with Crippen molar-refractivity contribution in [2.75, 3.05) is 32.1 Å². The lowest BCUT2D eigenvalue weighted by atomic mass is 10.1. The van der Waals surface area contributed by atoms with Crippen LogP contribution in [-0.4, -0.2) is 42.6 Å². The molecule has 0 radical (unpaired) electrons. The molecule has 0 aliphatic carbocycles. The summed E-state index contributed by atoms with van der Waals surface area (Å²) in [5.74, 6) is 0.792. The Hall–Kier alpha value is -3.13. The Balaban J connectivity index is 1.64. The van der Waals surface area contributed by atoms with E-state index in [0.29, 0.717) is 12.2 Å². The first-order chi connectivity index (χ1) is 13.6. The van der Waals surface area contributed by atoms with Crippen molar-refractivity contribution in [1.82, 2.24) is 10.2 Å². The van der Waals surface area contributed by atoms with Crippen molar-refractivity contribution >= 4 is 17.4 Å². The highest BCUT2D eigenvalue weighted by molar-refractivity contribution is 5.89. The minimum absolute atomic E-state index is 0.0595. The third-order valence-electron chi connectivity index (χ3n) is 4.85. The van der Waals surface area contributed by atoms with Gasteiger partial charge in [0, 0.05) is 24.4 Å². The van der Waals surface area contributed by atoms with Crippen LogP contribution in [0.1, 0.15) is 24.4 Å². The monoisotopic (exact) mass is 384 g/mol. The molecule has 0 spiro atoms. The Morgan fingerprint density at radius 3 is 2.57 bits per heavy atom. The Morgan fingerprint density at radius 2 is 1.93 bits per heavy atom. The maximum absolute atomic E-state index is 12.3. The van der Waals surface area contributed by atoms with Gasteiger partial charge < -0.3 is 15.4 Å². The number of rotatable bonds is 7. The second-order valence-corrected chi connectivity index (χ2v) is 6.67. The van der Waals surface area contributed by atoms with Crippen LogP contribution in [0.4, 0.5) is 16.2 Å². The van der Waals surface area contributed by atoms with Gasteiger partial charge in [0.25, 0.3) is 5.69 Å². The molecular formula is C20H24N4O4. The SMILES string of the molecule is COc1ccc([C@H](CNC(=O)Nc2cccc([N+](=O)[O-])c2)N2CCCC2)cc1. The first-order valence-corrected chi connectivity index (χ1v) is 9.24. The molecule has 1 fully saturated rings. The van der Waals surface area contributed by atoms with E-state index in [1.807, 2.05) is 24.3 Å². The molecule has 2 aromatic carbocycles. The van der Waals surface area contributed by atoms with Gasteiger partial charge in [-0.15, -0.1) is 0 Å². The minimum Gasteiger partial charge on any atom is -0.497 e. The number of hydrogen-bond acceptors (Lipinski definition) is 5. The average Bonchev–Trinajstić information content (AvgIpc) is 3.23. The van der Waals surface area contributed by atoms with E-state index in [0.717, 1.165) is 37.2 Å². The van der Waals surface area contributed by atoms with E-state index >= 15 is 0 Å². The molecule has 2 N–H and O–H groups in total. The van der Waals surface area contributed by atoms with Crippen LogP contribution in [0.3, 0.4) is 0 Å². The molecule has 0 unspecified atom stereocenters. The van der Waals surface area contributed by atoms with Crippen molar-refractivity contribution in [1.29, 1.82) is 0 Å². The highest BCUT2D eigenvalue weighted by atomic mass is 16.6. The van der Waals surface area contributed by atoms with E-state index in [1.165, 1.54) is 18.2 Å². The first-order valence-electron chi connectivity index (χ1n) is 9.24. The average molecular weight is 384 g/mol. The highest BCUT2D eigenvalue weighted by Crippen LogP contribution is 2.26. The maximum Gasteiger partial charge on any atom is 0.319 e. The summed E-state index contributed by atoms with van der Waals surface area (Å²) in [6.07, 6.45) is 2.29. The van der Waals surface area contributed by atoms with Crippen molar-refractivity contribution in [3.63, 3.8) is 0 Å². The molecule has 1 aliphatic heterocycles. The molecule has 1 heterocycles. The molecule has 2 aromatic rings. The van der Waals surface area contributed by atoms with Gasteiger partial charge in [-0.2, -0.15) is 0 Å². The normalized spacial score (nSPS) is 15.0. The third-order valence-corrected chi connectivity index (χ3v) is 4.85. The lowest BCUT2D eigenvalue weighted by Gasteiger charge is -2.28. The van der Waals surface area contributed by atoms with E-state index < -0.39 is 11.0 Å². The number of nitrogens with one attached hydrogen (secondary N) is 2. The predicted octanol–water partition coefficient (Wildman–Crippen LogP) is 3.56. The zero-order valence-corrected chi connectivity index (χ0v) is 15.8. The third kappa shape index (κ3) is 4.98. The summed E-state index contributed by atoms with van der Waals surface area (Å²) >= 11 is 0. The van der Waals surface area contributed by atoms with Crippen molar-refractivity contribution in [3.8, 4) is 5.75 Å². The van der Waals surface area contributed by atoms with Gasteiger partial charge in [-0.05, 0) is 49.7 Å². The van der Waals surface area contributed by atoms with Gasteiger partial charge in [0.05, 0.1) is 18.1 Å². The fourth-order valence-electron chi connectivity index (χ4n) is 3.40. The van der Waals surface area contributed by atoms with Gasteiger partial charge in [-0.1, -0.05) is 18.2 Å². The number of nitro benzene ring substituents is 1. The summed E-state index contributed by atoms with van der Waals surface area (Å²) in [4.78, 5) is 25.0. The molecule has 8 nitrogen and oxygen atoms in total. The molecule has 28 heavy (non-hydrogen) atoms. The second kappa shape index (κ2) is 9.18. The summed E-state index contributed by atoms with van der Waals surface area (Å²) in [5.41, 5.74) is 1.43. The number of carbonyl (C=O) groups excluding carboxylic acids is 1. The van der Waals surface area contributed by atoms with Crippen molar-refractivity contribution in [3.05, 3.63) is 64.2 Å². The van der Waals surface area contributed by atoms with Crippen LogP contribution in [0.25, 0.3) is 0 Å². The van der Waals surface area contributed by atoms with Gasteiger partial charge in [0.1, 0.15) is 5.75 Å². The van der Waals surface area contributed by atoms with E-state index in [4.69, 9.17) is 4.74 Å². The van der Waals surface area contributed by atoms with Gasteiger partial charge in [0.15, 0.2) is 0 Å². The van der Waals surface area contributed by atoms with Crippen LogP contribution < -0.4 is 15.4 Å². The minimum atomic E-state index is -0.490. The number of nitrogens with zero attached hydrogens (tertiary/aromatic N) is 2. The molecule has 8 heteroatoms. The molecular weight excluding hydrogens is 360 g/mol. The smallest absolute Gasteiger partial charge is 0.319 e. The van der Waals surface area contributed by atoms with Gasteiger partial charge in [-0.3, -0.25) is 15.0 Å². The molecule has 0 bridgehead atoms. The summed E-state index contributed by atoms with van der Waals surface area (Å²) < 4.78 is 5.22. The number of carbonyl (C=O) groups is 1. The number of benzene rings is 2. The summed E-state index contributed by atoms with van der Waals surface area (Å²) in [7, 11) is 1.63. The predicted molar refractivity (Wildman–Crippen MR) is 107 cm³/mol. The molecule has 3 rings (SSSR count). The van der Waals surface area contributed by atoms with Crippen LogP contribution in [0.2, 0.25) is 0 Å². The molecule has 0 aromatic heterocycles. The number of methoxy groups -OCH3 is 1. The summed E-state index contributed by atoms with van der Waals surface area (Å²) in [5, 5.41) is 16.4. The number of urea groups is 1. The van der Waals surface area contributed by atoms with Crippen molar-refractivity contribution < 1.29 is 14.5 Å². The summed E-state index contributed by atoms with van der Waals surface area (Å²) in [6, 6.07) is 13.4. The zero-order valence-electron chi connectivity index (χ0n) is 15.8. The fraction of sp³-hybridized carbons (Fsp3) is 0.350. The van der Waals surface area contributed by atoms with Crippen LogP contribution >= 0.6 is 0 Å². The first kappa shape index (κ1) is 19.6. The number of hydrogen-bond donors (Lipinski definition) is 2. The Bertz CT molecular complexity index is 819. The number of amides is 2. The number of nitro groups is 1. The van der Waals surface area contributed by atoms with Crippen LogP contribution in [0, 0.1) is 10.1 Å². The van der Waals surface area contributed by atoms with E-state index in [9.17, 15) is 14.9 Å². The van der Waals surface area contributed by atoms with Gasteiger partial charge in [-0.25, -0.2) is 4.79 Å². The number of ether oxygens (including phenoxy) is 1. The lowest BCUT2D eigenvalue weighted by molar-refractivity contribution is -0.384. The van der Waals surface area contributed by atoms with E-state index in [2.05, 4.69) is 15.5 Å². The van der Waals surface area contributed by atoms with E-state index in [1.54, 1.807) is 13.2 Å². The quantitative estimate of drug-likeness (QED) is 0.562. The lowest BCUT2D eigenvalue weighted by Crippen LogP contribution is -2.38. The number of non-ortho nitro benzene ring substituents is 1. The van der Waals surface area contributed by atoms with Gasteiger partial charge in [0.2, 0.25) is 0 Å².